The Bertz CT molecular complexity index is 109. The molecule has 0 bridgehead atoms. The van der Waals surface area contributed by atoms with E-state index in [9.17, 15) is 0 Å². The molecule has 0 saturated heterocycles. The number of allylic oxidation sites excluding steroid dienone is 2. The van der Waals surface area contributed by atoms with Gasteiger partial charge in [0.15, 0.2) is 0 Å². The lowest BCUT2D eigenvalue weighted by atomic mass is 10.5. The van der Waals surface area contributed by atoms with E-state index in [1.54, 1.807) is 0 Å². The summed E-state index contributed by atoms with van der Waals surface area (Å²) in [6.07, 6.45) is 3.24. The number of hydrogen-bond donors (Lipinski definition) is 1. The van der Waals surface area contributed by atoms with Gasteiger partial charge in [-0.3, -0.25) is 0 Å². The lowest BCUT2D eigenvalue weighted by Gasteiger charge is -2.02. The first-order valence-corrected chi connectivity index (χ1v) is 5.06. The topological polar surface area (TPSA) is 21.3 Å². The summed E-state index contributed by atoms with van der Waals surface area (Å²) in [7, 11) is -0.435. The Hall–Kier alpha value is 0.167. The molecule has 0 radical (unpaired) electrons. The van der Waals surface area contributed by atoms with Crippen molar-refractivity contribution in [2.75, 3.05) is 6.54 Å². The van der Waals surface area contributed by atoms with Crippen molar-refractivity contribution in [2.24, 2.45) is 0 Å². The minimum atomic E-state index is -0.435. The smallest absolute Gasteiger partial charge is 0.216 e. The maximum Gasteiger partial charge on any atom is 0.216 e. The number of hydroxylamine groups is 1. The van der Waals surface area contributed by atoms with Crippen LogP contribution in [0.3, 0.4) is 0 Å². The molecule has 0 fully saturated rings. The number of rotatable bonds is 5. The molecule has 4 heteroatoms. The molecule has 68 valence electrons. The van der Waals surface area contributed by atoms with Crippen molar-refractivity contribution in [3.63, 3.8) is 0 Å². The third-order valence-electron chi connectivity index (χ3n) is 1.25. The second-order valence-corrected chi connectivity index (χ2v) is 4.01. The van der Waals surface area contributed by atoms with E-state index in [1.165, 1.54) is 5.20 Å². The monoisotopic (exact) mass is 195 g/mol. The van der Waals surface area contributed by atoms with E-state index in [-0.39, 0.29) is 12.4 Å². The second-order valence-electron chi connectivity index (χ2n) is 2.32. The van der Waals surface area contributed by atoms with E-state index in [1.807, 2.05) is 6.92 Å². The zero-order valence-electron chi connectivity index (χ0n) is 7.52. The van der Waals surface area contributed by atoms with E-state index in [0.717, 1.165) is 13.0 Å². The van der Waals surface area contributed by atoms with Gasteiger partial charge in [0, 0.05) is 6.54 Å². The van der Waals surface area contributed by atoms with Crippen molar-refractivity contribution in [2.45, 2.75) is 27.2 Å². The Morgan fingerprint density at radius 1 is 1.64 bits per heavy atom. The maximum atomic E-state index is 5.25. The van der Waals surface area contributed by atoms with Crippen molar-refractivity contribution < 1.29 is 4.53 Å². The van der Waals surface area contributed by atoms with Gasteiger partial charge >= 0.3 is 0 Å². The number of hydrogen-bond acceptors (Lipinski definition) is 2. The highest BCUT2D eigenvalue weighted by Crippen LogP contribution is 1.86. The average Bonchev–Trinajstić information content (AvgIpc) is 1.98. The van der Waals surface area contributed by atoms with E-state index < -0.39 is 9.76 Å². The third-order valence-corrected chi connectivity index (χ3v) is 2.46. The molecule has 0 spiro atoms. The van der Waals surface area contributed by atoms with Crippen molar-refractivity contribution in [3.8, 4) is 0 Å². The van der Waals surface area contributed by atoms with Crippen LogP contribution in [0.1, 0.15) is 27.2 Å². The molecule has 1 N–H and O–H groups in total. The van der Waals surface area contributed by atoms with Crippen LogP contribution in [0.5, 0.6) is 0 Å². The molecule has 0 saturated carbocycles. The molecule has 0 aliphatic heterocycles. The zero-order chi connectivity index (χ0) is 7.82. The lowest BCUT2D eigenvalue weighted by Crippen LogP contribution is -2.18. The van der Waals surface area contributed by atoms with E-state index >= 15 is 0 Å². The summed E-state index contributed by atoms with van der Waals surface area (Å²) in [4.78, 5) is 0. The van der Waals surface area contributed by atoms with Crippen LogP contribution in [0.2, 0.25) is 0 Å². The molecule has 0 aromatic heterocycles. The van der Waals surface area contributed by atoms with Crippen LogP contribution >= 0.6 is 12.4 Å². The van der Waals surface area contributed by atoms with Crippen molar-refractivity contribution in [1.29, 1.82) is 0 Å². The Morgan fingerprint density at radius 2 is 2.27 bits per heavy atom. The van der Waals surface area contributed by atoms with Crippen LogP contribution in [0.15, 0.2) is 11.3 Å². The number of halogens is 1. The summed E-state index contributed by atoms with van der Waals surface area (Å²) in [6, 6.07) is 0. The molecule has 0 unspecified atom stereocenters. The van der Waals surface area contributed by atoms with Crippen molar-refractivity contribution in [3.05, 3.63) is 11.3 Å². The molecule has 0 heterocycles. The molecule has 0 aliphatic carbocycles. The van der Waals surface area contributed by atoms with Crippen LogP contribution in [0.25, 0.3) is 0 Å². The van der Waals surface area contributed by atoms with Crippen LogP contribution < -0.4 is 5.48 Å². The van der Waals surface area contributed by atoms with Crippen LogP contribution in [-0.2, 0) is 4.53 Å². The van der Waals surface area contributed by atoms with Gasteiger partial charge in [-0.05, 0) is 20.3 Å². The van der Waals surface area contributed by atoms with Gasteiger partial charge in [0.2, 0.25) is 9.76 Å². The van der Waals surface area contributed by atoms with Gasteiger partial charge in [0.05, 0.1) is 0 Å². The summed E-state index contributed by atoms with van der Waals surface area (Å²) < 4.78 is 5.25. The first-order chi connectivity index (χ1) is 4.81. The first-order valence-electron chi connectivity index (χ1n) is 3.77. The average molecular weight is 196 g/mol. The minimum Gasteiger partial charge on any atom is -0.348 e. The Morgan fingerprint density at radius 3 is 2.73 bits per heavy atom. The summed E-state index contributed by atoms with van der Waals surface area (Å²) in [6.45, 7) is 7.25. The molecule has 0 aromatic carbocycles. The van der Waals surface area contributed by atoms with Gasteiger partial charge < -0.3 is 4.53 Å². The van der Waals surface area contributed by atoms with Crippen LogP contribution in [0, 0.1) is 0 Å². The highest BCUT2D eigenvalue weighted by Gasteiger charge is 1.88. The summed E-state index contributed by atoms with van der Waals surface area (Å²) in [5, 5.41) is 1.39. The fourth-order valence-electron chi connectivity index (χ4n) is 0.422. The molecular weight excluding hydrogens is 178 g/mol. The highest BCUT2D eigenvalue weighted by molar-refractivity contribution is 6.37. The van der Waals surface area contributed by atoms with Gasteiger partial charge in [-0.1, -0.05) is 18.2 Å². The molecule has 0 rings (SSSR count). The summed E-state index contributed by atoms with van der Waals surface area (Å²) in [5.41, 5.74) is 2.92. The van der Waals surface area contributed by atoms with E-state index in [4.69, 9.17) is 4.53 Å². The van der Waals surface area contributed by atoms with Gasteiger partial charge in [0.25, 0.3) is 0 Å². The normalized spacial score (nSPS) is 12.1. The lowest BCUT2D eigenvalue weighted by molar-refractivity contribution is 0.210. The summed E-state index contributed by atoms with van der Waals surface area (Å²) in [5.74, 6) is 0. The molecule has 0 aliphatic rings. The highest BCUT2D eigenvalue weighted by atomic mass is 35.5. The fourth-order valence-corrected chi connectivity index (χ4v) is 1.06. The Labute approximate surface area is 77.7 Å². The van der Waals surface area contributed by atoms with Gasteiger partial charge in [-0.2, -0.15) is 0 Å². The minimum absolute atomic E-state index is 0. The Balaban J connectivity index is 0. The largest absolute Gasteiger partial charge is 0.348 e. The van der Waals surface area contributed by atoms with E-state index in [0.29, 0.717) is 0 Å². The SMILES string of the molecule is CC=C(C)[SiH2]ONCCC.Cl. The van der Waals surface area contributed by atoms with Gasteiger partial charge in [0.1, 0.15) is 0 Å². The quantitative estimate of drug-likeness (QED) is 0.406. The zero-order valence-corrected chi connectivity index (χ0v) is 9.75. The van der Waals surface area contributed by atoms with Crippen LogP contribution in [0.4, 0.5) is 0 Å². The fraction of sp³-hybridized carbons (Fsp3) is 0.714. The van der Waals surface area contributed by atoms with Gasteiger partial charge in [-0.15, -0.1) is 12.4 Å². The molecule has 11 heavy (non-hydrogen) atoms. The van der Waals surface area contributed by atoms with Crippen molar-refractivity contribution >= 4 is 22.2 Å². The molecule has 0 atom stereocenters. The summed E-state index contributed by atoms with van der Waals surface area (Å²) >= 11 is 0. The van der Waals surface area contributed by atoms with Gasteiger partial charge in [-0.25, -0.2) is 5.48 Å². The number of nitrogens with one attached hydrogen (secondary N) is 1. The predicted octanol–water partition coefficient (Wildman–Crippen LogP) is 1.35. The van der Waals surface area contributed by atoms with Crippen LogP contribution in [-0.4, -0.2) is 16.3 Å². The Kier molecular flexibility index (Phi) is 12.7. The standard InChI is InChI=1S/C7H17NOSi.ClH/c1-4-6-8-9-10-7(3)5-2;/h5,8H,4,6,10H2,1-3H3;1H. The molecule has 0 amide bonds. The van der Waals surface area contributed by atoms with E-state index in [2.05, 4.69) is 25.4 Å². The third kappa shape index (κ3) is 10.2. The molecular formula is C7H18ClNOSi. The van der Waals surface area contributed by atoms with Crippen molar-refractivity contribution in [1.82, 2.24) is 5.48 Å². The maximum absolute atomic E-state index is 5.25. The molecule has 2 nitrogen and oxygen atoms in total. The second kappa shape index (κ2) is 10.2. The predicted molar refractivity (Wildman–Crippen MR) is 54.6 cm³/mol. The first kappa shape index (κ1) is 13.7. The molecule has 0 aromatic rings.